The van der Waals surface area contributed by atoms with Crippen molar-refractivity contribution < 1.29 is 17.9 Å². The van der Waals surface area contributed by atoms with Crippen LogP contribution >= 0.6 is 0 Å². The summed E-state index contributed by atoms with van der Waals surface area (Å²) >= 11 is 0. The maximum absolute atomic E-state index is 12.9. The molecule has 3 N–H and O–H groups in total. The van der Waals surface area contributed by atoms with Crippen LogP contribution in [-0.2, 0) is 15.8 Å². The summed E-state index contributed by atoms with van der Waals surface area (Å²) in [7, 11) is -3.62. The lowest BCUT2D eigenvalue weighted by Crippen LogP contribution is -2.48. The van der Waals surface area contributed by atoms with Crippen LogP contribution in [-0.4, -0.2) is 50.4 Å². The molecule has 0 aliphatic carbocycles. The fourth-order valence-electron chi connectivity index (χ4n) is 3.49. The van der Waals surface area contributed by atoms with Gasteiger partial charge in [-0.2, -0.15) is 0 Å². The zero-order chi connectivity index (χ0) is 23.5. The Morgan fingerprint density at radius 3 is 2.66 bits per heavy atom. The topological polar surface area (TPSA) is 127 Å². The van der Waals surface area contributed by atoms with Crippen LogP contribution in [0.1, 0.15) is 49.2 Å². The number of hydrogen-bond acceptors (Lipinski definition) is 7. The first-order chi connectivity index (χ1) is 15.0. The highest BCUT2D eigenvalue weighted by atomic mass is 32.2. The number of nitrogens with zero attached hydrogens (tertiary/aromatic N) is 3. The van der Waals surface area contributed by atoms with Gasteiger partial charge in [-0.25, -0.2) is 13.4 Å². The van der Waals surface area contributed by atoms with E-state index in [0.29, 0.717) is 22.4 Å². The van der Waals surface area contributed by atoms with Gasteiger partial charge in [0.1, 0.15) is 24.0 Å². The van der Waals surface area contributed by atoms with E-state index in [1.165, 1.54) is 0 Å². The minimum atomic E-state index is -3.62. The number of carbonyl (C=O) groups is 1. The van der Waals surface area contributed by atoms with Gasteiger partial charge in [-0.15, -0.1) is 4.40 Å². The number of aromatic nitrogens is 1. The number of amides is 1. The molecule has 0 saturated heterocycles. The molecule has 0 spiro atoms. The molecule has 1 aliphatic rings. The SMILES string of the molecule is CCN(CC)c1cc(C(=O)NC(C)(C)COc2cccc3c2C(N)=NS(=O)(=O)C3)ccn1. The predicted molar refractivity (Wildman–Crippen MR) is 125 cm³/mol. The summed E-state index contributed by atoms with van der Waals surface area (Å²) in [6, 6.07) is 8.54. The number of anilines is 1. The van der Waals surface area contributed by atoms with Crippen molar-refractivity contribution in [2.75, 3.05) is 24.6 Å². The Morgan fingerprint density at radius 1 is 1.25 bits per heavy atom. The molecule has 172 valence electrons. The molecule has 0 unspecified atom stereocenters. The van der Waals surface area contributed by atoms with Crippen molar-refractivity contribution in [3.63, 3.8) is 0 Å². The standard InChI is InChI=1S/C22H29N5O4S/c1-5-27(6-2)18-12-15(10-11-24-18)21(28)25-22(3,4)14-31-17-9-7-8-16-13-32(29,30)26-20(23)19(16)17/h7-12H,5-6,13-14H2,1-4H3,(H2,23,26)(H,25,28). The Balaban J connectivity index is 1.72. The maximum Gasteiger partial charge on any atom is 0.259 e. The first-order valence-corrected chi connectivity index (χ1v) is 12.0. The minimum absolute atomic E-state index is 0.0931. The van der Waals surface area contributed by atoms with E-state index < -0.39 is 15.6 Å². The lowest BCUT2D eigenvalue weighted by molar-refractivity contribution is 0.0880. The molecule has 0 atom stereocenters. The van der Waals surface area contributed by atoms with Crippen molar-refractivity contribution in [2.45, 2.75) is 39.0 Å². The number of pyridine rings is 1. The zero-order valence-electron chi connectivity index (χ0n) is 18.8. The Morgan fingerprint density at radius 2 is 1.97 bits per heavy atom. The molecule has 1 aromatic heterocycles. The first kappa shape index (κ1) is 23.5. The van der Waals surface area contributed by atoms with Crippen LogP contribution in [0.25, 0.3) is 0 Å². The lowest BCUT2D eigenvalue weighted by Gasteiger charge is -2.28. The van der Waals surface area contributed by atoms with Crippen LogP contribution < -0.4 is 20.7 Å². The summed E-state index contributed by atoms with van der Waals surface area (Å²) in [5, 5.41) is 2.98. The van der Waals surface area contributed by atoms with Gasteiger partial charge in [0.05, 0.1) is 16.9 Å². The molecule has 1 aliphatic heterocycles. The number of fused-ring (bicyclic) bond motifs is 1. The maximum atomic E-state index is 12.9. The van der Waals surface area contributed by atoms with Crippen molar-refractivity contribution in [1.82, 2.24) is 10.3 Å². The number of amidine groups is 1. The summed E-state index contributed by atoms with van der Waals surface area (Å²) < 4.78 is 33.2. The van der Waals surface area contributed by atoms with Gasteiger partial charge in [0.2, 0.25) is 0 Å². The number of carbonyl (C=O) groups excluding carboxylic acids is 1. The van der Waals surface area contributed by atoms with E-state index >= 15 is 0 Å². The van der Waals surface area contributed by atoms with Crippen LogP contribution in [0.2, 0.25) is 0 Å². The Bertz CT molecular complexity index is 1140. The molecule has 2 heterocycles. The van der Waals surface area contributed by atoms with Crippen molar-refractivity contribution in [3.8, 4) is 5.75 Å². The smallest absolute Gasteiger partial charge is 0.259 e. The van der Waals surface area contributed by atoms with E-state index in [1.54, 1.807) is 36.5 Å². The third-order valence-electron chi connectivity index (χ3n) is 5.08. The van der Waals surface area contributed by atoms with Crippen LogP contribution in [0.15, 0.2) is 40.9 Å². The van der Waals surface area contributed by atoms with Crippen LogP contribution in [0.5, 0.6) is 5.75 Å². The number of nitrogens with one attached hydrogen (secondary N) is 1. The Labute approximate surface area is 188 Å². The van der Waals surface area contributed by atoms with E-state index in [0.717, 1.165) is 18.9 Å². The van der Waals surface area contributed by atoms with Gasteiger partial charge in [-0.1, -0.05) is 12.1 Å². The molecule has 1 amide bonds. The molecule has 0 fully saturated rings. The first-order valence-electron chi connectivity index (χ1n) is 10.4. The second kappa shape index (κ2) is 9.15. The monoisotopic (exact) mass is 459 g/mol. The molecule has 0 bridgehead atoms. The highest BCUT2D eigenvalue weighted by Gasteiger charge is 2.27. The molecular weight excluding hydrogens is 430 g/mol. The van der Waals surface area contributed by atoms with Gasteiger partial charge < -0.3 is 20.7 Å². The Hall–Kier alpha value is -3.14. The fraction of sp³-hybridized carbons (Fsp3) is 0.409. The largest absolute Gasteiger partial charge is 0.490 e. The lowest BCUT2D eigenvalue weighted by atomic mass is 10.0. The van der Waals surface area contributed by atoms with Crippen LogP contribution in [0, 0.1) is 0 Å². The van der Waals surface area contributed by atoms with E-state index in [1.807, 2.05) is 27.7 Å². The van der Waals surface area contributed by atoms with Gasteiger partial charge >= 0.3 is 0 Å². The number of sulfonamides is 1. The van der Waals surface area contributed by atoms with Crippen molar-refractivity contribution in [1.29, 1.82) is 0 Å². The minimum Gasteiger partial charge on any atom is -0.490 e. The molecule has 1 aromatic carbocycles. The highest BCUT2D eigenvalue weighted by Crippen LogP contribution is 2.28. The molecule has 0 radical (unpaired) electrons. The second-order valence-electron chi connectivity index (χ2n) is 8.19. The number of nitrogens with two attached hydrogens (primary N) is 1. The second-order valence-corrected chi connectivity index (χ2v) is 9.83. The van der Waals surface area contributed by atoms with Crippen molar-refractivity contribution in [2.24, 2.45) is 10.1 Å². The quantitative estimate of drug-likeness (QED) is 0.618. The predicted octanol–water partition coefficient (Wildman–Crippen LogP) is 2.06. The summed E-state index contributed by atoms with van der Waals surface area (Å²) in [5.74, 6) is 0.615. The normalized spacial score (nSPS) is 14.8. The van der Waals surface area contributed by atoms with Crippen molar-refractivity contribution >= 4 is 27.6 Å². The van der Waals surface area contributed by atoms with E-state index in [-0.39, 0.29) is 24.1 Å². The molecule has 32 heavy (non-hydrogen) atoms. The summed E-state index contributed by atoms with van der Waals surface area (Å²) in [6.45, 7) is 9.49. The molecular formula is C22H29N5O4S. The summed E-state index contributed by atoms with van der Waals surface area (Å²) in [4.78, 5) is 19.3. The molecule has 10 heteroatoms. The molecule has 9 nitrogen and oxygen atoms in total. The average Bonchev–Trinajstić information content (AvgIpc) is 2.72. The molecule has 0 saturated carbocycles. The number of ether oxygens (including phenoxy) is 1. The van der Waals surface area contributed by atoms with E-state index in [9.17, 15) is 13.2 Å². The molecule has 2 aromatic rings. The van der Waals surface area contributed by atoms with Crippen LogP contribution in [0.4, 0.5) is 5.82 Å². The van der Waals surface area contributed by atoms with Crippen molar-refractivity contribution in [3.05, 3.63) is 53.2 Å². The van der Waals surface area contributed by atoms with Gasteiger partial charge in [-0.3, -0.25) is 4.79 Å². The fourth-order valence-corrected chi connectivity index (χ4v) is 4.58. The van der Waals surface area contributed by atoms with E-state index in [4.69, 9.17) is 10.5 Å². The van der Waals surface area contributed by atoms with E-state index in [2.05, 4.69) is 19.6 Å². The number of benzene rings is 1. The van der Waals surface area contributed by atoms with Gasteiger partial charge in [0, 0.05) is 24.8 Å². The zero-order valence-corrected chi connectivity index (χ0v) is 19.6. The summed E-state index contributed by atoms with van der Waals surface area (Å²) in [5.41, 5.74) is 6.70. The third kappa shape index (κ3) is 5.37. The average molecular weight is 460 g/mol. The third-order valence-corrected chi connectivity index (χ3v) is 6.23. The number of rotatable bonds is 8. The van der Waals surface area contributed by atoms with Gasteiger partial charge in [0.15, 0.2) is 0 Å². The number of hydrogen-bond donors (Lipinski definition) is 2. The van der Waals surface area contributed by atoms with Gasteiger partial charge in [0.25, 0.3) is 15.9 Å². The van der Waals surface area contributed by atoms with Crippen LogP contribution in [0.3, 0.4) is 0 Å². The highest BCUT2D eigenvalue weighted by molar-refractivity contribution is 7.89. The van der Waals surface area contributed by atoms with Gasteiger partial charge in [-0.05, 0) is 51.5 Å². The molecule has 3 rings (SSSR count). The Kier molecular flexibility index (Phi) is 6.73. The summed E-state index contributed by atoms with van der Waals surface area (Å²) in [6.07, 6.45) is 1.62.